The molecule has 1 atom stereocenters. The second-order valence-electron chi connectivity index (χ2n) is 6.42. The monoisotopic (exact) mass is 478 g/mol. The number of phenols is 1. The first-order valence-electron chi connectivity index (χ1n) is 8.66. The predicted molar refractivity (Wildman–Crippen MR) is 115 cm³/mol. The number of nitro benzene ring substituents is 1. The molecule has 3 rings (SSSR count). The molecule has 10 heteroatoms. The summed E-state index contributed by atoms with van der Waals surface area (Å²) < 4.78 is 1.87. The third-order valence-corrected chi connectivity index (χ3v) is 5.19. The molecule has 0 saturated heterocycles. The highest BCUT2D eigenvalue weighted by Gasteiger charge is 2.19. The second kappa shape index (κ2) is 8.30. The summed E-state index contributed by atoms with van der Waals surface area (Å²) in [5, 5.41) is 25.9. The quantitative estimate of drug-likeness (QED) is 0.320. The van der Waals surface area contributed by atoms with Gasteiger partial charge in [0.25, 0.3) is 5.56 Å². The number of hydrogen-bond acceptors (Lipinski definition) is 6. The Kier molecular flexibility index (Phi) is 5.99. The first-order chi connectivity index (χ1) is 13.7. The van der Waals surface area contributed by atoms with Crippen LogP contribution < -0.4 is 5.56 Å². The summed E-state index contributed by atoms with van der Waals surface area (Å²) in [5.41, 5.74) is -0.380. The molecular formula is C19H16BrClN4O4. The van der Waals surface area contributed by atoms with Gasteiger partial charge < -0.3 is 5.11 Å². The van der Waals surface area contributed by atoms with E-state index in [4.69, 9.17) is 11.6 Å². The summed E-state index contributed by atoms with van der Waals surface area (Å²) in [6.45, 7) is 3.88. The number of hydrogen-bond donors (Lipinski definition) is 1. The van der Waals surface area contributed by atoms with E-state index < -0.39 is 16.4 Å². The predicted octanol–water partition coefficient (Wildman–Crippen LogP) is 4.82. The summed E-state index contributed by atoms with van der Waals surface area (Å²) in [5.74, 6) is -0.215. The van der Waals surface area contributed by atoms with Crippen LogP contribution in [-0.2, 0) is 0 Å². The van der Waals surface area contributed by atoms with Crippen molar-refractivity contribution in [3.05, 3.63) is 71.7 Å². The van der Waals surface area contributed by atoms with Gasteiger partial charge in [-0.3, -0.25) is 14.9 Å². The Morgan fingerprint density at radius 2 is 2.14 bits per heavy atom. The molecule has 0 radical (unpaired) electrons. The number of aromatic hydroxyl groups is 1. The SMILES string of the molecule is CC[C@H](C)c1nc2ccc(Br)cc2c(=O)n1N=Cc1cc(Cl)cc([N+](=O)[O-])c1O. The third kappa shape index (κ3) is 4.15. The van der Waals surface area contributed by atoms with Gasteiger partial charge in [-0.25, -0.2) is 4.98 Å². The van der Waals surface area contributed by atoms with Gasteiger partial charge in [0.05, 0.1) is 22.0 Å². The zero-order chi connectivity index (χ0) is 21.3. The summed E-state index contributed by atoms with van der Waals surface area (Å²) in [6, 6.07) is 7.56. The molecule has 0 aliphatic rings. The third-order valence-electron chi connectivity index (χ3n) is 4.48. The number of rotatable bonds is 5. The summed E-state index contributed by atoms with van der Waals surface area (Å²) >= 11 is 9.26. The minimum absolute atomic E-state index is 0.0144. The van der Waals surface area contributed by atoms with Crippen molar-refractivity contribution in [1.29, 1.82) is 0 Å². The van der Waals surface area contributed by atoms with Crippen LogP contribution >= 0.6 is 27.5 Å². The Balaban J connectivity index is 2.23. The van der Waals surface area contributed by atoms with E-state index >= 15 is 0 Å². The van der Waals surface area contributed by atoms with E-state index in [9.17, 15) is 20.0 Å². The van der Waals surface area contributed by atoms with Crippen molar-refractivity contribution in [3.63, 3.8) is 0 Å². The van der Waals surface area contributed by atoms with Crippen LogP contribution in [0, 0.1) is 10.1 Å². The lowest BCUT2D eigenvalue weighted by Crippen LogP contribution is -2.23. The van der Waals surface area contributed by atoms with Crippen molar-refractivity contribution in [2.24, 2.45) is 5.10 Å². The zero-order valence-electron chi connectivity index (χ0n) is 15.5. The number of halogens is 2. The van der Waals surface area contributed by atoms with Crippen LogP contribution in [0.2, 0.25) is 5.02 Å². The molecule has 0 bridgehead atoms. The lowest BCUT2D eigenvalue weighted by atomic mass is 10.1. The normalized spacial score (nSPS) is 12.6. The Morgan fingerprint density at radius 1 is 1.41 bits per heavy atom. The maximum atomic E-state index is 13.1. The van der Waals surface area contributed by atoms with Crippen LogP contribution in [0.1, 0.15) is 37.6 Å². The largest absolute Gasteiger partial charge is 0.502 e. The molecule has 2 aromatic carbocycles. The molecule has 0 aliphatic heterocycles. The number of aromatic nitrogens is 2. The maximum absolute atomic E-state index is 13.1. The van der Waals surface area contributed by atoms with E-state index in [1.807, 2.05) is 13.8 Å². The van der Waals surface area contributed by atoms with Crippen molar-refractivity contribution >= 4 is 50.3 Å². The van der Waals surface area contributed by atoms with Gasteiger partial charge in [0.15, 0.2) is 0 Å². The first-order valence-corrected chi connectivity index (χ1v) is 9.83. The van der Waals surface area contributed by atoms with Gasteiger partial charge in [0, 0.05) is 27.0 Å². The van der Waals surface area contributed by atoms with Gasteiger partial charge in [-0.15, -0.1) is 0 Å². The minimum Gasteiger partial charge on any atom is -0.502 e. The van der Waals surface area contributed by atoms with Crippen LogP contribution in [-0.4, -0.2) is 25.9 Å². The lowest BCUT2D eigenvalue weighted by Gasteiger charge is -2.14. The first kappa shape index (κ1) is 20.9. The van der Waals surface area contributed by atoms with Crippen molar-refractivity contribution in [2.75, 3.05) is 0 Å². The van der Waals surface area contributed by atoms with Crippen LogP contribution in [0.25, 0.3) is 10.9 Å². The number of benzene rings is 2. The van der Waals surface area contributed by atoms with Gasteiger partial charge in [0.1, 0.15) is 5.82 Å². The van der Waals surface area contributed by atoms with E-state index in [0.717, 1.165) is 27.9 Å². The fourth-order valence-corrected chi connectivity index (χ4v) is 3.32. The Bertz CT molecular complexity index is 1210. The zero-order valence-corrected chi connectivity index (χ0v) is 17.8. The van der Waals surface area contributed by atoms with Crippen LogP contribution in [0.4, 0.5) is 5.69 Å². The molecule has 0 spiro atoms. The molecule has 0 unspecified atom stereocenters. The Labute approximate surface area is 178 Å². The standard InChI is InChI=1S/C19H16BrClN4O4/c1-3-10(2)18-23-15-5-4-12(20)7-14(15)19(27)24(18)22-9-11-6-13(21)8-16(17(11)26)25(28)29/h4-10,26H,3H2,1-2H3/t10-/m0/s1. The molecule has 29 heavy (non-hydrogen) atoms. The molecule has 1 heterocycles. The maximum Gasteiger partial charge on any atom is 0.312 e. The molecule has 8 nitrogen and oxygen atoms in total. The molecule has 0 aliphatic carbocycles. The topological polar surface area (TPSA) is 111 Å². The number of phenolic OH excluding ortho intramolecular Hbond substituents is 1. The molecule has 1 N–H and O–H groups in total. The summed E-state index contributed by atoms with van der Waals surface area (Å²) in [6.07, 6.45) is 1.88. The molecule has 1 aromatic heterocycles. The highest BCUT2D eigenvalue weighted by Crippen LogP contribution is 2.32. The lowest BCUT2D eigenvalue weighted by molar-refractivity contribution is -0.385. The van der Waals surface area contributed by atoms with Crippen molar-refractivity contribution in [2.45, 2.75) is 26.2 Å². The fraction of sp³-hybridized carbons (Fsp3) is 0.211. The van der Waals surface area contributed by atoms with E-state index in [2.05, 4.69) is 26.0 Å². The van der Waals surface area contributed by atoms with Crippen LogP contribution in [0.5, 0.6) is 5.75 Å². The number of fused-ring (bicyclic) bond motifs is 1. The second-order valence-corrected chi connectivity index (χ2v) is 7.77. The van der Waals surface area contributed by atoms with Crippen molar-refractivity contribution in [1.82, 2.24) is 9.66 Å². The summed E-state index contributed by atoms with van der Waals surface area (Å²) in [7, 11) is 0. The Hall–Kier alpha value is -2.78. The molecule has 150 valence electrons. The minimum atomic E-state index is -0.746. The molecule has 0 saturated carbocycles. The van der Waals surface area contributed by atoms with Gasteiger partial charge >= 0.3 is 5.69 Å². The van der Waals surface area contributed by atoms with E-state index in [0.29, 0.717) is 16.7 Å². The molecule has 0 fully saturated rings. The molecular weight excluding hydrogens is 464 g/mol. The smallest absolute Gasteiger partial charge is 0.312 e. The van der Waals surface area contributed by atoms with Gasteiger partial charge in [-0.05, 0) is 30.7 Å². The van der Waals surface area contributed by atoms with Crippen LogP contribution in [0.15, 0.2) is 44.7 Å². The molecule has 0 amide bonds. The van der Waals surface area contributed by atoms with E-state index in [-0.39, 0.29) is 22.1 Å². The average Bonchev–Trinajstić information content (AvgIpc) is 2.68. The number of nitro groups is 1. The van der Waals surface area contributed by atoms with E-state index in [1.54, 1.807) is 18.2 Å². The highest BCUT2D eigenvalue weighted by atomic mass is 79.9. The highest BCUT2D eigenvalue weighted by molar-refractivity contribution is 9.10. The van der Waals surface area contributed by atoms with Gasteiger partial charge in [-0.1, -0.05) is 41.4 Å². The van der Waals surface area contributed by atoms with E-state index in [1.165, 1.54) is 6.07 Å². The van der Waals surface area contributed by atoms with Crippen molar-refractivity contribution in [3.8, 4) is 5.75 Å². The number of nitrogens with zero attached hydrogens (tertiary/aromatic N) is 4. The van der Waals surface area contributed by atoms with Crippen LogP contribution in [0.3, 0.4) is 0 Å². The van der Waals surface area contributed by atoms with Gasteiger partial charge in [0.2, 0.25) is 5.75 Å². The Morgan fingerprint density at radius 3 is 2.79 bits per heavy atom. The van der Waals surface area contributed by atoms with Gasteiger partial charge in [-0.2, -0.15) is 9.78 Å². The molecule has 3 aromatic rings. The average molecular weight is 480 g/mol. The van der Waals surface area contributed by atoms with Crippen molar-refractivity contribution < 1.29 is 10.0 Å². The fourth-order valence-electron chi connectivity index (χ4n) is 2.74. The summed E-state index contributed by atoms with van der Waals surface area (Å²) in [4.78, 5) is 28.0.